The summed E-state index contributed by atoms with van der Waals surface area (Å²) in [6, 6.07) is 0. The Kier molecular flexibility index (Phi) is 8.22. The Bertz CT molecular complexity index is 23.6. The molecule has 2 heteroatoms. The zero-order valence-electron chi connectivity index (χ0n) is 5.29. The van der Waals surface area contributed by atoms with Gasteiger partial charge >= 0.3 is 30.0 Å². The molecule has 0 radical (unpaired) electrons. The molecule has 0 aliphatic carbocycles. The van der Waals surface area contributed by atoms with E-state index in [1.165, 1.54) is 16.3 Å². The van der Waals surface area contributed by atoms with Crippen molar-refractivity contribution < 1.29 is 16.3 Å². The van der Waals surface area contributed by atoms with Gasteiger partial charge in [0.2, 0.25) is 0 Å². The molecule has 0 nitrogen and oxygen atoms in total. The zero-order chi connectivity index (χ0) is 6.50. The van der Waals surface area contributed by atoms with E-state index >= 15 is 0 Å². The van der Waals surface area contributed by atoms with Crippen LogP contribution in [0, 0.1) is 12.3 Å². The van der Waals surface area contributed by atoms with Crippen molar-refractivity contribution in [2.24, 2.45) is 5.41 Å². The van der Waals surface area contributed by atoms with Gasteiger partial charge in [0, 0.05) is 0 Å². The number of halogens is 1. The molecule has 0 aliphatic heterocycles. The van der Waals surface area contributed by atoms with E-state index in [0.29, 0.717) is 0 Å². The van der Waals surface area contributed by atoms with Crippen LogP contribution in [-0.2, 0) is 16.3 Å². The van der Waals surface area contributed by atoms with Crippen molar-refractivity contribution >= 4 is 13.6 Å². The molecule has 0 bridgehead atoms. The fourth-order valence-electron chi connectivity index (χ4n) is 0. The standard InChI is InChI=1S/C5H11.BrH.Zn/c1-5(2,3)4;;/h1H2,2-4H3;1H;/q-1;;+2/p-1. The van der Waals surface area contributed by atoms with Crippen molar-refractivity contribution in [3.63, 3.8) is 0 Å². The number of hydrogen-bond donors (Lipinski definition) is 0. The summed E-state index contributed by atoms with van der Waals surface area (Å²) in [5.41, 5.74) is 0.250. The van der Waals surface area contributed by atoms with E-state index in [0.717, 1.165) is 0 Å². The molecule has 0 aromatic rings. The van der Waals surface area contributed by atoms with E-state index in [1.54, 1.807) is 0 Å². The first-order valence-electron chi connectivity index (χ1n) is 2.12. The van der Waals surface area contributed by atoms with Crippen LogP contribution in [0.5, 0.6) is 0 Å². The number of hydrogen-bond acceptors (Lipinski definition) is 0. The van der Waals surface area contributed by atoms with Gasteiger partial charge in [-0.15, -0.1) is 0 Å². The van der Waals surface area contributed by atoms with E-state index in [9.17, 15) is 0 Å². The van der Waals surface area contributed by atoms with Gasteiger partial charge in [-0.05, 0) is 0 Å². The van der Waals surface area contributed by atoms with Crippen LogP contribution in [-0.4, -0.2) is 0 Å². The summed E-state index contributed by atoms with van der Waals surface area (Å²) in [5.74, 6) is 0. The van der Waals surface area contributed by atoms with Gasteiger partial charge in [0.25, 0.3) is 0 Å². The third-order valence-electron chi connectivity index (χ3n) is 0. The molecule has 0 aromatic heterocycles. The van der Waals surface area contributed by atoms with Crippen molar-refractivity contribution in [1.29, 1.82) is 0 Å². The molecular weight excluding hydrogens is 205 g/mol. The van der Waals surface area contributed by atoms with Crippen LogP contribution in [0.25, 0.3) is 0 Å². The van der Waals surface area contributed by atoms with E-state index in [-0.39, 0.29) is 5.41 Å². The van der Waals surface area contributed by atoms with Crippen LogP contribution in [0.1, 0.15) is 20.8 Å². The van der Waals surface area contributed by atoms with Gasteiger partial charge < -0.3 is 6.92 Å². The average Bonchev–Trinajstić information content (AvgIpc) is 1.36. The molecule has 0 unspecified atom stereocenters. The summed E-state index contributed by atoms with van der Waals surface area (Å²) in [6.45, 7) is 10.0. The normalized spacial score (nSPS) is 9.57. The molecule has 0 amide bonds. The first kappa shape index (κ1) is 11.0. The van der Waals surface area contributed by atoms with Crippen molar-refractivity contribution in [2.45, 2.75) is 20.8 Å². The fourth-order valence-corrected chi connectivity index (χ4v) is 0. The predicted molar refractivity (Wildman–Crippen MR) is 33.7 cm³/mol. The third kappa shape index (κ3) is 152. The molecule has 0 N–H and O–H groups in total. The molecule has 0 spiro atoms. The monoisotopic (exact) mass is 214 g/mol. The topological polar surface area (TPSA) is 0 Å². The van der Waals surface area contributed by atoms with Crippen molar-refractivity contribution in [2.75, 3.05) is 0 Å². The molecular formula is C5H11BrZn. The SMILES string of the molecule is [CH2-]C(C)(C)C.[Zn+][Br]. The molecule has 0 aromatic carbocycles. The van der Waals surface area contributed by atoms with Gasteiger partial charge in [0.1, 0.15) is 0 Å². The summed E-state index contributed by atoms with van der Waals surface area (Å²) in [7, 11) is 0. The van der Waals surface area contributed by atoms with Gasteiger partial charge in [0.05, 0.1) is 0 Å². The van der Waals surface area contributed by atoms with Crippen LogP contribution in [0.15, 0.2) is 0 Å². The molecule has 0 heterocycles. The van der Waals surface area contributed by atoms with Gasteiger partial charge in [-0.25, -0.2) is 0 Å². The summed E-state index contributed by atoms with van der Waals surface area (Å²) in [6.07, 6.45) is 0. The Balaban J connectivity index is 0. The second-order valence-electron chi connectivity index (χ2n) is 2.56. The Morgan fingerprint density at radius 1 is 1.29 bits per heavy atom. The average molecular weight is 216 g/mol. The second kappa shape index (κ2) is 5.24. The maximum absolute atomic E-state index is 3.77. The molecule has 0 rings (SSSR count). The molecule has 0 atom stereocenters. The third-order valence-corrected chi connectivity index (χ3v) is 0. The van der Waals surface area contributed by atoms with E-state index in [4.69, 9.17) is 0 Å². The van der Waals surface area contributed by atoms with Gasteiger partial charge in [0.15, 0.2) is 0 Å². The Labute approximate surface area is 63.1 Å². The Morgan fingerprint density at radius 2 is 1.29 bits per heavy atom. The first-order chi connectivity index (χ1) is 3.00. The summed E-state index contributed by atoms with van der Waals surface area (Å²) < 4.78 is 0. The summed E-state index contributed by atoms with van der Waals surface area (Å²) in [5, 5.41) is 0. The van der Waals surface area contributed by atoms with Crippen molar-refractivity contribution in [3.05, 3.63) is 6.92 Å². The maximum atomic E-state index is 3.77. The molecule has 0 saturated carbocycles. The Morgan fingerprint density at radius 3 is 1.29 bits per heavy atom. The molecule has 7 heavy (non-hydrogen) atoms. The van der Waals surface area contributed by atoms with Gasteiger partial charge in [-0.3, -0.25) is 0 Å². The number of rotatable bonds is 0. The molecule has 40 valence electrons. The zero-order valence-corrected chi connectivity index (χ0v) is 9.85. The summed E-state index contributed by atoms with van der Waals surface area (Å²) in [4.78, 5) is 0. The first-order valence-corrected chi connectivity index (χ1v) is 9.07. The van der Waals surface area contributed by atoms with E-state index in [1.807, 2.05) is 0 Å². The van der Waals surface area contributed by atoms with E-state index < -0.39 is 0 Å². The van der Waals surface area contributed by atoms with Crippen LogP contribution in [0.4, 0.5) is 0 Å². The van der Waals surface area contributed by atoms with Crippen LogP contribution >= 0.6 is 13.6 Å². The minimum atomic E-state index is 0.250. The predicted octanol–water partition coefficient (Wildman–Crippen LogP) is 2.71. The van der Waals surface area contributed by atoms with Gasteiger partial charge in [-0.1, -0.05) is 20.8 Å². The van der Waals surface area contributed by atoms with Crippen molar-refractivity contribution in [3.8, 4) is 0 Å². The van der Waals surface area contributed by atoms with Gasteiger partial charge in [-0.2, -0.15) is 5.41 Å². The van der Waals surface area contributed by atoms with E-state index in [2.05, 4.69) is 41.3 Å². The molecule has 0 aliphatic rings. The quantitative estimate of drug-likeness (QED) is 0.431. The Hall–Kier alpha value is 1.10. The molecule has 0 fully saturated rings. The van der Waals surface area contributed by atoms with Crippen LogP contribution < -0.4 is 0 Å². The van der Waals surface area contributed by atoms with Crippen LogP contribution in [0.3, 0.4) is 0 Å². The summed E-state index contributed by atoms with van der Waals surface area (Å²) >= 11 is 4.25. The van der Waals surface area contributed by atoms with Crippen LogP contribution in [0.2, 0.25) is 0 Å². The molecule has 0 saturated heterocycles. The fraction of sp³-hybridized carbons (Fsp3) is 0.800. The second-order valence-corrected chi connectivity index (χ2v) is 2.56. The van der Waals surface area contributed by atoms with Crippen molar-refractivity contribution in [1.82, 2.24) is 0 Å². The minimum absolute atomic E-state index is 0.250.